The van der Waals surface area contributed by atoms with Crippen molar-refractivity contribution < 1.29 is 14.0 Å². The molecule has 1 aromatic rings. The van der Waals surface area contributed by atoms with E-state index in [0.29, 0.717) is 30.3 Å². The van der Waals surface area contributed by atoms with Crippen molar-refractivity contribution >= 4 is 23.2 Å². The van der Waals surface area contributed by atoms with Crippen molar-refractivity contribution in [2.24, 2.45) is 5.92 Å². The van der Waals surface area contributed by atoms with Gasteiger partial charge in [-0.15, -0.1) is 0 Å². The third kappa shape index (κ3) is 4.92. The number of piperazine rings is 1. The summed E-state index contributed by atoms with van der Waals surface area (Å²) in [6.45, 7) is 8.15. The van der Waals surface area contributed by atoms with Crippen LogP contribution in [0.25, 0.3) is 0 Å². The van der Waals surface area contributed by atoms with Gasteiger partial charge in [-0.25, -0.2) is 4.39 Å². The van der Waals surface area contributed by atoms with Gasteiger partial charge in [-0.2, -0.15) is 0 Å². The number of piperidine rings is 2. The summed E-state index contributed by atoms with van der Waals surface area (Å²) >= 11 is 0. The Morgan fingerprint density at radius 3 is 2.67 bits per heavy atom. The van der Waals surface area contributed by atoms with Gasteiger partial charge < -0.3 is 15.5 Å². The summed E-state index contributed by atoms with van der Waals surface area (Å²) in [5.41, 5.74) is 1.17. The van der Waals surface area contributed by atoms with Gasteiger partial charge in [-0.1, -0.05) is 0 Å². The van der Waals surface area contributed by atoms with Crippen LogP contribution in [-0.4, -0.2) is 68.1 Å². The Labute approximate surface area is 177 Å². The fourth-order valence-electron chi connectivity index (χ4n) is 4.77. The lowest BCUT2D eigenvalue weighted by atomic mass is 9.96. The lowest BCUT2D eigenvalue weighted by molar-refractivity contribution is -0.133. The SMILES string of the molecule is C[C@H]1CN(c2ccc(NC3CCC(=O)NC3=O)cc2F)CCN1CC1CCNCC1. The maximum absolute atomic E-state index is 14.9. The van der Waals surface area contributed by atoms with E-state index in [1.165, 1.54) is 18.9 Å². The van der Waals surface area contributed by atoms with E-state index in [2.05, 4.69) is 32.7 Å². The number of rotatable bonds is 5. The highest BCUT2D eigenvalue weighted by atomic mass is 19.1. The Morgan fingerprint density at radius 2 is 1.97 bits per heavy atom. The first-order chi connectivity index (χ1) is 14.5. The number of carbonyl (C=O) groups is 2. The minimum absolute atomic E-state index is 0.256. The second kappa shape index (κ2) is 9.31. The first-order valence-electron chi connectivity index (χ1n) is 11.1. The molecule has 0 radical (unpaired) electrons. The van der Waals surface area contributed by atoms with E-state index in [1.54, 1.807) is 6.07 Å². The van der Waals surface area contributed by atoms with Gasteiger partial charge in [0.05, 0.1) is 5.69 Å². The van der Waals surface area contributed by atoms with Gasteiger partial charge in [0.1, 0.15) is 11.9 Å². The van der Waals surface area contributed by atoms with Crippen LogP contribution in [0.3, 0.4) is 0 Å². The molecule has 0 aromatic heterocycles. The summed E-state index contributed by atoms with van der Waals surface area (Å²) in [6, 6.07) is 4.93. The molecule has 3 heterocycles. The Morgan fingerprint density at radius 1 is 1.17 bits per heavy atom. The third-order valence-corrected chi connectivity index (χ3v) is 6.58. The van der Waals surface area contributed by atoms with E-state index in [0.717, 1.165) is 45.2 Å². The van der Waals surface area contributed by atoms with Crippen LogP contribution in [0.5, 0.6) is 0 Å². The molecule has 3 fully saturated rings. The second-order valence-electron chi connectivity index (χ2n) is 8.80. The van der Waals surface area contributed by atoms with E-state index < -0.39 is 6.04 Å². The zero-order valence-electron chi connectivity index (χ0n) is 17.6. The van der Waals surface area contributed by atoms with Crippen molar-refractivity contribution in [2.75, 3.05) is 49.5 Å². The van der Waals surface area contributed by atoms with E-state index >= 15 is 0 Å². The van der Waals surface area contributed by atoms with Crippen LogP contribution in [0, 0.1) is 11.7 Å². The fourth-order valence-corrected chi connectivity index (χ4v) is 4.77. The largest absolute Gasteiger partial charge is 0.374 e. The van der Waals surface area contributed by atoms with Gasteiger partial charge >= 0.3 is 0 Å². The Hall–Kier alpha value is -2.19. The van der Waals surface area contributed by atoms with E-state index in [1.807, 2.05) is 6.07 Å². The van der Waals surface area contributed by atoms with E-state index in [-0.39, 0.29) is 17.6 Å². The first-order valence-corrected chi connectivity index (χ1v) is 11.1. The topological polar surface area (TPSA) is 76.7 Å². The summed E-state index contributed by atoms with van der Waals surface area (Å²) in [5.74, 6) is -0.136. The molecular formula is C22H32FN5O2. The number of benzene rings is 1. The van der Waals surface area contributed by atoms with Crippen molar-refractivity contribution in [3.05, 3.63) is 24.0 Å². The number of carbonyl (C=O) groups excluding carboxylic acids is 2. The summed E-state index contributed by atoms with van der Waals surface area (Å²) in [4.78, 5) is 27.9. The molecular weight excluding hydrogens is 385 g/mol. The number of hydrogen-bond donors (Lipinski definition) is 3. The quantitative estimate of drug-likeness (QED) is 0.631. The second-order valence-corrected chi connectivity index (χ2v) is 8.80. The van der Waals surface area contributed by atoms with E-state index in [9.17, 15) is 14.0 Å². The molecule has 164 valence electrons. The third-order valence-electron chi connectivity index (χ3n) is 6.58. The molecule has 0 bridgehead atoms. The van der Waals surface area contributed by atoms with Crippen molar-refractivity contribution in [1.29, 1.82) is 0 Å². The molecule has 4 rings (SSSR count). The zero-order valence-corrected chi connectivity index (χ0v) is 17.6. The van der Waals surface area contributed by atoms with Gasteiger partial charge in [-0.3, -0.25) is 19.8 Å². The fraction of sp³-hybridized carbons (Fsp3) is 0.636. The summed E-state index contributed by atoms with van der Waals surface area (Å²) in [6.07, 6.45) is 3.19. The maximum Gasteiger partial charge on any atom is 0.249 e. The van der Waals surface area contributed by atoms with Crippen LogP contribution < -0.4 is 20.9 Å². The Bertz CT molecular complexity index is 783. The maximum atomic E-state index is 14.9. The summed E-state index contributed by atoms with van der Waals surface area (Å²) < 4.78 is 14.9. The number of nitrogens with one attached hydrogen (secondary N) is 3. The van der Waals surface area contributed by atoms with Crippen LogP contribution in [0.15, 0.2) is 18.2 Å². The molecule has 7 nitrogen and oxygen atoms in total. The highest BCUT2D eigenvalue weighted by Gasteiger charge is 2.29. The van der Waals surface area contributed by atoms with Crippen LogP contribution in [0.4, 0.5) is 15.8 Å². The van der Waals surface area contributed by atoms with Crippen molar-refractivity contribution in [3.63, 3.8) is 0 Å². The number of hydrogen-bond acceptors (Lipinski definition) is 6. The molecule has 3 N–H and O–H groups in total. The van der Waals surface area contributed by atoms with Crippen molar-refractivity contribution in [1.82, 2.24) is 15.5 Å². The zero-order chi connectivity index (χ0) is 21.1. The molecule has 0 aliphatic carbocycles. The van der Waals surface area contributed by atoms with Gasteiger partial charge in [0.25, 0.3) is 0 Å². The predicted molar refractivity (Wildman–Crippen MR) is 115 cm³/mol. The lowest BCUT2D eigenvalue weighted by Gasteiger charge is -2.43. The highest BCUT2D eigenvalue weighted by Crippen LogP contribution is 2.27. The molecule has 3 aliphatic rings. The van der Waals surface area contributed by atoms with Crippen LogP contribution in [-0.2, 0) is 9.59 Å². The van der Waals surface area contributed by atoms with Gasteiger partial charge in [0.2, 0.25) is 11.8 Å². The summed E-state index contributed by atoms with van der Waals surface area (Å²) in [5, 5.41) is 8.78. The smallest absolute Gasteiger partial charge is 0.249 e. The molecule has 3 saturated heterocycles. The minimum atomic E-state index is -0.508. The number of anilines is 2. The minimum Gasteiger partial charge on any atom is -0.374 e. The molecule has 0 saturated carbocycles. The monoisotopic (exact) mass is 417 g/mol. The number of halogens is 1. The van der Waals surface area contributed by atoms with Gasteiger partial charge in [0, 0.05) is 44.3 Å². The molecule has 8 heteroatoms. The average Bonchev–Trinajstić information content (AvgIpc) is 2.73. The molecule has 2 atom stereocenters. The average molecular weight is 418 g/mol. The first kappa shape index (κ1) is 21.1. The van der Waals surface area contributed by atoms with E-state index in [4.69, 9.17) is 0 Å². The van der Waals surface area contributed by atoms with Crippen molar-refractivity contribution in [2.45, 2.75) is 44.7 Å². The number of amides is 2. The highest BCUT2D eigenvalue weighted by molar-refractivity contribution is 6.01. The van der Waals surface area contributed by atoms with Crippen LogP contribution in [0.2, 0.25) is 0 Å². The molecule has 30 heavy (non-hydrogen) atoms. The standard InChI is InChI=1S/C22H32FN5O2/c1-15-13-28(11-10-27(15)14-16-6-8-24-9-7-16)20-4-2-17(12-18(20)23)25-19-3-5-21(29)26-22(19)30/h2,4,12,15-16,19,24-25H,3,5-11,13-14H2,1H3,(H,26,29,30)/t15-,19?/m0/s1. The van der Waals surface area contributed by atoms with Gasteiger partial charge in [0.15, 0.2) is 0 Å². The Balaban J connectivity index is 1.34. The van der Waals surface area contributed by atoms with Crippen LogP contribution in [0.1, 0.15) is 32.6 Å². The van der Waals surface area contributed by atoms with Gasteiger partial charge in [-0.05, 0) is 63.4 Å². The molecule has 3 aliphatic heterocycles. The number of imide groups is 1. The normalized spacial score (nSPS) is 26.5. The van der Waals surface area contributed by atoms with Crippen molar-refractivity contribution in [3.8, 4) is 0 Å². The number of nitrogens with zero attached hydrogens (tertiary/aromatic N) is 2. The Kier molecular flexibility index (Phi) is 6.53. The molecule has 0 spiro atoms. The lowest BCUT2D eigenvalue weighted by Crippen LogP contribution is -2.53. The molecule has 2 amide bonds. The summed E-state index contributed by atoms with van der Waals surface area (Å²) in [7, 11) is 0. The molecule has 1 unspecified atom stereocenters. The predicted octanol–water partition coefficient (Wildman–Crippen LogP) is 1.55. The molecule has 1 aromatic carbocycles. The van der Waals surface area contributed by atoms with Crippen LogP contribution >= 0.6 is 0 Å².